The van der Waals surface area contributed by atoms with E-state index in [0.717, 1.165) is 27.9 Å². The second-order valence-corrected chi connectivity index (χ2v) is 6.95. The molecule has 0 aliphatic carbocycles. The summed E-state index contributed by atoms with van der Waals surface area (Å²) >= 11 is 0. The Hall–Kier alpha value is -3.47. The van der Waals surface area contributed by atoms with Gasteiger partial charge in [-0.3, -0.25) is 9.78 Å². The lowest BCUT2D eigenvalue weighted by Gasteiger charge is -2.31. The van der Waals surface area contributed by atoms with Gasteiger partial charge in [-0.05, 0) is 30.2 Å². The number of benzene rings is 2. The van der Waals surface area contributed by atoms with Crippen LogP contribution in [0.25, 0.3) is 11.1 Å². The van der Waals surface area contributed by atoms with Crippen molar-refractivity contribution in [2.75, 3.05) is 0 Å². The van der Waals surface area contributed by atoms with E-state index in [1.807, 2.05) is 68.4 Å². The number of carbonyl (C=O) groups is 1. The number of amides is 1. The van der Waals surface area contributed by atoms with Gasteiger partial charge in [0.05, 0.1) is 5.56 Å². The van der Waals surface area contributed by atoms with Crippen molar-refractivity contribution in [2.45, 2.75) is 26.5 Å². The molecule has 140 valence electrons. The first-order valence-corrected chi connectivity index (χ1v) is 9.15. The standard InChI is InChI=1S/C23H21N3O2/c1-16-9-10-20(15-24-16)22-25-26(17(2)27)23(3,28-22)21-13-11-19(12-14-21)18-7-5-4-6-8-18/h4-15H,1-3H3. The highest BCUT2D eigenvalue weighted by molar-refractivity contribution is 5.96. The van der Waals surface area contributed by atoms with Gasteiger partial charge in [-0.1, -0.05) is 54.6 Å². The van der Waals surface area contributed by atoms with Crippen molar-refractivity contribution in [1.82, 2.24) is 9.99 Å². The van der Waals surface area contributed by atoms with Crippen molar-refractivity contribution >= 4 is 11.8 Å². The number of pyridine rings is 1. The molecule has 1 aromatic heterocycles. The van der Waals surface area contributed by atoms with Crippen LogP contribution in [0.15, 0.2) is 78.0 Å². The number of aryl methyl sites for hydroxylation is 1. The molecule has 4 rings (SSSR count). The first-order chi connectivity index (χ1) is 13.5. The van der Waals surface area contributed by atoms with Crippen LogP contribution >= 0.6 is 0 Å². The van der Waals surface area contributed by atoms with Gasteiger partial charge < -0.3 is 4.74 Å². The molecule has 0 bridgehead atoms. The molecule has 1 atom stereocenters. The second-order valence-electron chi connectivity index (χ2n) is 6.95. The monoisotopic (exact) mass is 371 g/mol. The molecule has 28 heavy (non-hydrogen) atoms. The van der Waals surface area contributed by atoms with Gasteiger partial charge in [0.2, 0.25) is 17.5 Å². The Balaban J connectivity index is 1.68. The number of nitrogens with zero attached hydrogens (tertiary/aromatic N) is 3. The highest BCUT2D eigenvalue weighted by Gasteiger charge is 2.44. The summed E-state index contributed by atoms with van der Waals surface area (Å²) < 4.78 is 6.20. The van der Waals surface area contributed by atoms with E-state index in [4.69, 9.17) is 4.74 Å². The van der Waals surface area contributed by atoms with E-state index >= 15 is 0 Å². The molecule has 0 spiro atoms. The van der Waals surface area contributed by atoms with E-state index in [2.05, 4.69) is 22.2 Å². The van der Waals surface area contributed by atoms with Crippen LogP contribution in [0.5, 0.6) is 0 Å². The molecule has 5 heteroatoms. The van der Waals surface area contributed by atoms with E-state index in [9.17, 15) is 4.79 Å². The second kappa shape index (κ2) is 6.93. The molecule has 2 heterocycles. The lowest BCUT2D eigenvalue weighted by Crippen LogP contribution is -2.41. The van der Waals surface area contributed by atoms with Crippen LogP contribution in [0.3, 0.4) is 0 Å². The van der Waals surface area contributed by atoms with Crippen LogP contribution in [0.4, 0.5) is 0 Å². The van der Waals surface area contributed by atoms with Crippen LogP contribution in [-0.4, -0.2) is 21.8 Å². The van der Waals surface area contributed by atoms with Gasteiger partial charge in [-0.2, -0.15) is 5.01 Å². The number of hydrogen-bond acceptors (Lipinski definition) is 4. The zero-order valence-electron chi connectivity index (χ0n) is 16.1. The average Bonchev–Trinajstić information content (AvgIpc) is 3.08. The molecule has 3 aromatic rings. The molecule has 1 aliphatic heterocycles. The number of hydrazone groups is 1. The van der Waals surface area contributed by atoms with Crippen molar-refractivity contribution in [3.8, 4) is 11.1 Å². The normalized spacial score (nSPS) is 18.5. The van der Waals surface area contributed by atoms with Gasteiger partial charge in [0.1, 0.15) is 0 Å². The summed E-state index contributed by atoms with van der Waals surface area (Å²) in [4.78, 5) is 16.6. The van der Waals surface area contributed by atoms with E-state index in [0.29, 0.717) is 5.90 Å². The molecular weight excluding hydrogens is 350 g/mol. The van der Waals surface area contributed by atoms with E-state index in [-0.39, 0.29) is 5.91 Å². The first-order valence-electron chi connectivity index (χ1n) is 9.15. The highest BCUT2D eigenvalue weighted by Crippen LogP contribution is 2.37. The summed E-state index contributed by atoms with van der Waals surface area (Å²) in [6, 6.07) is 21.9. The molecule has 0 saturated carbocycles. The molecule has 1 aliphatic rings. The van der Waals surface area contributed by atoms with Crippen molar-refractivity contribution in [2.24, 2.45) is 5.10 Å². The maximum absolute atomic E-state index is 12.3. The Morgan fingerprint density at radius 3 is 2.18 bits per heavy atom. The van der Waals surface area contributed by atoms with Crippen LogP contribution < -0.4 is 0 Å². The quantitative estimate of drug-likeness (QED) is 0.682. The van der Waals surface area contributed by atoms with Crippen LogP contribution in [0.2, 0.25) is 0 Å². The third-order valence-electron chi connectivity index (χ3n) is 4.87. The van der Waals surface area contributed by atoms with Gasteiger partial charge in [0, 0.05) is 31.3 Å². The minimum Gasteiger partial charge on any atom is -0.443 e. The molecule has 0 fully saturated rings. The van der Waals surface area contributed by atoms with Crippen molar-refractivity contribution in [3.63, 3.8) is 0 Å². The minimum atomic E-state index is -1.01. The maximum atomic E-state index is 12.3. The van der Waals surface area contributed by atoms with Crippen LogP contribution in [-0.2, 0) is 15.3 Å². The van der Waals surface area contributed by atoms with Crippen molar-refractivity contribution in [3.05, 3.63) is 89.7 Å². The summed E-state index contributed by atoms with van der Waals surface area (Å²) in [6.45, 7) is 5.26. The molecular formula is C23H21N3O2. The largest absolute Gasteiger partial charge is 0.443 e. The third kappa shape index (κ3) is 3.16. The van der Waals surface area contributed by atoms with Gasteiger partial charge in [0.15, 0.2) is 0 Å². The summed E-state index contributed by atoms with van der Waals surface area (Å²) in [5.41, 5.74) is 3.72. The zero-order chi connectivity index (χ0) is 19.7. The lowest BCUT2D eigenvalue weighted by atomic mass is 9.99. The van der Waals surface area contributed by atoms with Gasteiger partial charge in [-0.15, -0.1) is 5.10 Å². The number of carbonyl (C=O) groups excluding carboxylic acids is 1. The topological polar surface area (TPSA) is 54.8 Å². The third-order valence-corrected chi connectivity index (χ3v) is 4.87. The molecule has 2 aromatic carbocycles. The Labute approximate surface area is 164 Å². The summed E-state index contributed by atoms with van der Waals surface area (Å²) in [5, 5.41) is 5.82. The molecule has 5 nitrogen and oxygen atoms in total. The minimum absolute atomic E-state index is 0.190. The molecule has 0 N–H and O–H groups in total. The predicted molar refractivity (Wildman–Crippen MR) is 108 cm³/mol. The summed E-state index contributed by atoms with van der Waals surface area (Å²) in [7, 11) is 0. The van der Waals surface area contributed by atoms with E-state index < -0.39 is 5.72 Å². The number of rotatable bonds is 3. The number of aromatic nitrogens is 1. The van der Waals surface area contributed by atoms with Gasteiger partial charge in [0.25, 0.3) is 0 Å². The summed E-state index contributed by atoms with van der Waals surface area (Å²) in [6.07, 6.45) is 1.71. The Bertz CT molecular complexity index is 1030. The fourth-order valence-electron chi connectivity index (χ4n) is 3.30. The van der Waals surface area contributed by atoms with Crippen LogP contribution in [0.1, 0.15) is 30.7 Å². The van der Waals surface area contributed by atoms with E-state index in [1.165, 1.54) is 11.9 Å². The first kappa shape index (κ1) is 17.9. The van der Waals surface area contributed by atoms with Gasteiger partial charge >= 0.3 is 0 Å². The molecule has 0 saturated heterocycles. The van der Waals surface area contributed by atoms with E-state index in [1.54, 1.807) is 6.20 Å². The summed E-state index contributed by atoms with van der Waals surface area (Å²) in [5.74, 6) is 0.196. The van der Waals surface area contributed by atoms with Gasteiger partial charge in [-0.25, -0.2) is 0 Å². The number of ether oxygens (including phenoxy) is 1. The fraction of sp³-hybridized carbons (Fsp3) is 0.174. The Kier molecular flexibility index (Phi) is 4.43. The fourth-order valence-corrected chi connectivity index (χ4v) is 3.30. The highest BCUT2D eigenvalue weighted by atomic mass is 16.6. The van der Waals surface area contributed by atoms with Crippen LogP contribution in [0, 0.1) is 6.92 Å². The predicted octanol–water partition coefficient (Wildman–Crippen LogP) is 4.47. The SMILES string of the molecule is CC(=O)N1N=C(c2ccc(C)nc2)OC1(C)c1ccc(-c2ccccc2)cc1. The average molecular weight is 371 g/mol. The lowest BCUT2D eigenvalue weighted by molar-refractivity contribution is -0.146. The zero-order valence-corrected chi connectivity index (χ0v) is 16.1. The Morgan fingerprint density at radius 2 is 1.57 bits per heavy atom. The molecule has 1 amide bonds. The molecule has 1 unspecified atom stereocenters. The molecule has 0 radical (unpaired) electrons. The maximum Gasteiger partial charge on any atom is 0.243 e. The van der Waals surface area contributed by atoms with Crippen molar-refractivity contribution < 1.29 is 9.53 Å². The number of hydrogen-bond donors (Lipinski definition) is 0. The van der Waals surface area contributed by atoms with Crippen molar-refractivity contribution in [1.29, 1.82) is 0 Å². The smallest absolute Gasteiger partial charge is 0.243 e. The Morgan fingerprint density at radius 1 is 0.929 bits per heavy atom.